The van der Waals surface area contributed by atoms with Gasteiger partial charge in [0.1, 0.15) is 14.7 Å². The van der Waals surface area contributed by atoms with Gasteiger partial charge in [0.2, 0.25) is 0 Å². The largest absolute Gasteiger partial charge is 0.326 e. The molecule has 0 amide bonds. The summed E-state index contributed by atoms with van der Waals surface area (Å²) in [5.41, 5.74) is 6.00. The average molecular weight is 471 g/mol. The quantitative estimate of drug-likeness (QED) is 0.252. The van der Waals surface area contributed by atoms with E-state index in [0.717, 1.165) is 0 Å². The minimum atomic E-state index is -4.93. The van der Waals surface area contributed by atoms with E-state index in [1.807, 2.05) is 0 Å². The highest BCUT2D eigenvalue weighted by molar-refractivity contribution is 7.87. The zero-order valence-electron chi connectivity index (χ0n) is 14.8. The first-order valence-electron chi connectivity index (χ1n) is 8.15. The van der Waals surface area contributed by atoms with E-state index >= 15 is 0 Å². The van der Waals surface area contributed by atoms with Crippen molar-refractivity contribution in [3.8, 4) is 0 Å². The molecule has 30 heavy (non-hydrogen) atoms. The van der Waals surface area contributed by atoms with Crippen molar-refractivity contribution in [1.29, 1.82) is 0 Å². The highest BCUT2D eigenvalue weighted by Gasteiger charge is 2.27. The molecular formula is C17H13NO9S3. The molecule has 5 N–H and O–H groups in total. The molecule has 0 spiro atoms. The van der Waals surface area contributed by atoms with E-state index in [1.54, 1.807) is 0 Å². The smallest absolute Gasteiger partial charge is 0.295 e. The molecule has 0 fully saturated rings. The van der Waals surface area contributed by atoms with E-state index in [0.29, 0.717) is 11.5 Å². The van der Waals surface area contributed by atoms with Crippen molar-refractivity contribution in [2.24, 2.45) is 5.73 Å². The second-order valence-electron chi connectivity index (χ2n) is 6.61. The normalized spacial score (nSPS) is 13.6. The molecule has 0 radical (unpaired) electrons. The molecule has 13 heteroatoms. The van der Waals surface area contributed by atoms with Crippen LogP contribution in [0.5, 0.6) is 0 Å². The predicted octanol–water partition coefficient (Wildman–Crippen LogP) is 1.78. The Morgan fingerprint density at radius 3 is 1.30 bits per heavy atom. The van der Waals surface area contributed by atoms with Crippen molar-refractivity contribution in [3.05, 3.63) is 42.0 Å². The fraction of sp³-hybridized carbons (Fsp3) is 0.0588. The first kappa shape index (κ1) is 20.9. The monoisotopic (exact) mass is 471 g/mol. The highest BCUT2D eigenvalue weighted by atomic mass is 32.2. The van der Waals surface area contributed by atoms with Crippen LogP contribution in [0.4, 0.5) is 0 Å². The molecule has 10 nitrogen and oxygen atoms in total. The van der Waals surface area contributed by atoms with Crippen LogP contribution in [0.2, 0.25) is 0 Å². The van der Waals surface area contributed by atoms with Crippen molar-refractivity contribution in [3.63, 3.8) is 0 Å². The highest BCUT2D eigenvalue weighted by Crippen LogP contribution is 2.43. The predicted molar refractivity (Wildman–Crippen MR) is 107 cm³/mol. The van der Waals surface area contributed by atoms with E-state index in [9.17, 15) is 38.9 Å². The molecule has 158 valence electrons. The molecule has 0 saturated carbocycles. The summed E-state index contributed by atoms with van der Waals surface area (Å²) in [5, 5.41) is 0.231. The summed E-state index contributed by atoms with van der Waals surface area (Å²) >= 11 is 0. The maximum absolute atomic E-state index is 11.9. The van der Waals surface area contributed by atoms with Gasteiger partial charge in [-0.2, -0.15) is 25.3 Å². The van der Waals surface area contributed by atoms with Crippen molar-refractivity contribution < 1.29 is 38.9 Å². The SMILES string of the molecule is NCc1cc(S(=O)(=O)O)c2ccc3c(S(=O)(=O)O)cc(S(=O)(=O)O)c4ccc1c2c43. The number of nitrogens with two attached hydrogens (primary N) is 1. The zero-order chi connectivity index (χ0) is 22.2. The minimum Gasteiger partial charge on any atom is -0.326 e. The third kappa shape index (κ3) is 3.02. The minimum absolute atomic E-state index is 0.0171. The summed E-state index contributed by atoms with van der Waals surface area (Å²) in [6.45, 7) is -0.146. The van der Waals surface area contributed by atoms with Gasteiger partial charge < -0.3 is 5.73 Å². The number of benzene rings is 4. The molecule has 0 aromatic heterocycles. The summed E-state index contributed by atoms with van der Waals surface area (Å²) in [6.07, 6.45) is 0. The maximum atomic E-state index is 11.9. The van der Waals surface area contributed by atoms with Gasteiger partial charge in [0.05, 0.1) is 0 Å². The van der Waals surface area contributed by atoms with E-state index in [4.69, 9.17) is 5.73 Å². The molecule has 4 rings (SSSR count). The van der Waals surface area contributed by atoms with Crippen LogP contribution in [0.1, 0.15) is 5.56 Å². The third-order valence-electron chi connectivity index (χ3n) is 4.92. The molecule has 0 atom stereocenters. The van der Waals surface area contributed by atoms with Crippen LogP contribution in [-0.2, 0) is 36.9 Å². The molecule has 0 aliphatic rings. The van der Waals surface area contributed by atoms with Crippen molar-refractivity contribution in [1.82, 2.24) is 0 Å². The van der Waals surface area contributed by atoms with Crippen LogP contribution >= 0.6 is 0 Å². The Kier molecular flexibility index (Phi) is 4.39. The lowest BCUT2D eigenvalue weighted by atomic mass is 9.92. The van der Waals surface area contributed by atoms with Gasteiger partial charge in [-0.05, 0) is 28.5 Å². The van der Waals surface area contributed by atoms with Crippen LogP contribution < -0.4 is 5.73 Å². The van der Waals surface area contributed by atoms with Crippen LogP contribution in [0, 0.1) is 0 Å². The summed E-state index contributed by atoms with van der Waals surface area (Å²) in [5.74, 6) is 0. The molecule has 0 saturated heterocycles. The summed E-state index contributed by atoms with van der Waals surface area (Å²) < 4.78 is 101. The average Bonchev–Trinajstić information content (AvgIpc) is 2.62. The maximum Gasteiger partial charge on any atom is 0.295 e. The van der Waals surface area contributed by atoms with Gasteiger partial charge in [0, 0.05) is 28.1 Å². The van der Waals surface area contributed by atoms with Gasteiger partial charge in [-0.25, -0.2) is 0 Å². The van der Waals surface area contributed by atoms with E-state index in [-0.39, 0.29) is 39.0 Å². The van der Waals surface area contributed by atoms with Crippen LogP contribution in [0.25, 0.3) is 32.3 Å². The van der Waals surface area contributed by atoms with Gasteiger partial charge in [-0.1, -0.05) is 24.3 Å². The van der Waals surface area contributed by atoms with Crippen molar-refractivity contribution in [2.45, 2.75) is 21.2 Å². The fourth-order valence-electron chi connectivity index (χ4n) is 3.78. The van der Waals surface area contributed by atoms with E-state index in [1.165, 1.54) is 30.3 Å². The van der Waals surface area contributed by atoms with Crippen LogP contribution in [-0.4, -0.2) is 38.9 Å². The lowest BCUT2D eigenvalue weighted by Gasteiger charge is -2.18. The lowest BCUT2D eigenvalue weighted by Crippen LogP contribution is -2.08. The molecule has 0 aliphatic carbocycles. The topological polar surface area (TPSA) is 189 Å². The van der Waals surface area contributed by atoms with Crippen LogP contribution in [0.15, 0.2) is 51.1 Å². The molecule has 0 bridgehead atoms. The number of rotatable bonds is 4. The van der Waals surface area contributed by atoms with Crippen molar-refractivity contribution >= 4 is 62.7 Å². The van der Waals surface area contributed by atoms with Gasteiger partial charge >= 0.3 is 0 Å². The Morgan fingerprint density at radius 2 is 0.933 bits per heavy atom. The molecule has 0 aliphatic heterocycles. The Hall–Kier alpha value is -2.39. The second kappa shape index (κ2) is 6.31. The standard InChI is InChI=1S/C17H13NO9S3/c18-7-8-5-13(28(19,20)21)10-3-4-12-15(30(25,26)27)6-14(29(22,23)24)11-2-1-9(8)16(10)17(11)12/h1-6H,7,18H2,(H,19,20,21)(H,22,23,24)(H,25,26,27). The Bertz CT molecular complexity index is 1640. The first-order valence-corrected chi connectivity index (χ1v) is 12.5. The van der Waals surface area contributed by atoms with E-state index < -0.39 is 45.0 Å². The number of hydrogen-bond donors (Lipinski definition) is 4. The summed E-state index contributed by atoms with van der Waals surface area (Å²) in [6, 6.07) is 6.96. The van der Waals surface area contributed by atoms with E-state index in [2.05, 4.69) is 0 Å². The third-order valence-corrected chi connectivity index (χ3v) is 7.60. The Labute approximate surface area is 170 Å². The summed E-state index contributed by atoms with van der Waals surface area (Å²) in [7, 11) is -14.6. The summed E-state index contributed by atoms with van der Waals surface area (Å²) in [4.78, 5) is -2.08. The second-order valence-corrected chi connectivity index (χ2v) is 10.8. The fourth-order valence-corrected chi connectivity index (χ4v) is 6.02. The molecule has 4 aromatic carbocycles. The Balaban J connectivity index is 2.46. The molecular weight excluding hydrogens is 458 g/mol. The van der Waals surface area contributed by atoms with Crippen LogP contribution in [0.3, 0.4) is 0 Å². The van der Waals surface area contributed by atoms with Crippen molar-refractivity contribution in [2.75, 3.05) is 0 Å². The van der Waals surface area contributed by atoms with Gasteiger partial charge in [-0.15, -0.1) is 0 Å². The van der Waals surface area contributed by atoms with Gasteiger partial charge in [0.25, 0.3) is 30.4 Å². The zero-order valence-corrected chi connectivity index (χ0v) is 17.2. The number of hydrogen-bond acceptors (Lipinski definition) is 7. The Morgan fingerprint density at radius 1 is 0.600 bits per heavy atom. The van der Waals surface area contributed by atoms with Gasteiger partial charge in [0.15, 0.2) is 0 Å². The molecule has 4 aromatic rings. The van der Waals surface area contributed by atoms with Gasteiger partial charge in [-0.3, -0.25) is 13.7 Å². The first-order chi connectivity index (χ1) is 13.7. The molecule has 0 unspecified atom stereocenters. The lowest BCUT2D eigenvalue weighted by molar-refractivity contribution is 0.480. The molecule has 0 heterocycles.